The highest BCUT2D eigenvalue weighted by Crippen LogP contribution is 2.39. The van der Waals surface area contributed by atoms with E-state index in [4.69, 9.17) is 14.2 Å². The highest BCUT2D eigenvalue weighted by atomic mass is 79.9. The first kappa shape index (κ1) is 24.9. The van der Waals surface area contributed by atoms with Crippen LogP contribution >= 0.6 is 27.7 Å². The molecule has 1 aliphatic heterocycles. The van der Waals surface area contributed by atoms with Crippen LogP contribution in [-0.2, 0) is 9.53 Å². The molecule has 0 unspecified atom stereocenters. The van der Waals surface area contributed by atoms with Crippen molar-refractivity contribution in [2.75, 3.05) is 27.4 Å². The third kappa shape index (κ3) is 5.97. The minimum atomic E-state index is -0.441. The Labute approximate surface area is 205 Å². The van der Waals surface area contributed by atoms with Gasteiger partial charge in [0.1, 0.15) is 0 Å². The van der Waals surface area contributed by atoms with Crippen LogP contribution in [0.4, 0.5) is 5.69 Å². The number of methoxy groups -OCH3 is 1. The number of carbonyl (C=O) groups excluding carboxylic acids is 2. The molecule has 0 bridgehead atoms. The summed E-state index contributed by atoms with van der Waals surface area (Å²) in [5.41, 5.74) is 1.75. The molecule has 9 heteroatoms. The average Bonchev–Trinajstić information content (AvgIpc) is 3.06. The third-order valence-electron chi connectivity index (χ3n) is 4.58. The molecule has 1 amide bonds. The molecule has 1 fully saturated rings. The SMILES string of the molecule is CCCOc1c(Br)cc(C=C2SC(=Nc3cccc(C(=O)OC)c3)N(C)C2=O)cc1OCC. The van der Waals surface area contributed by atoms with E-state index in [1.54, 1.807) is 37.4 Å². The van der Waals surface area contributed by atoms with Crippen LogP contribution in [-0.4, -0.2) is 49.3 Å². The second-order valence-electron chi connectivity index (χ2n) is 7.02. The topological polar surface area (TPSA) is 77.4 Å². The van der Waals surface area contributed by atoms with Crippen LogP contribution < -0.4 is 9.47 Å². The summed E-state index contributed by atoms with van der Waals surface area (Å²) in [6, 6.07) is 10.5. The number of aliphatic imine (C=N–C) groups is 1. The van der Waals surface area contributed by atoms with Crippen LogP contribution in [0.25, 0.3) is 6.08 Å². The van der Waals surface area contributed by atoms with Gasteiger partial charge in [0, 0.05) is 7.05 Å². The van der Waals surface area contributed by atoms with E-state index in [2.05, 4.69) is 20.9 Å². The molecule has 0 N–H and O–H groups in total. The molecule has 0 aromatic heterocycles. The van der Waals surface area contributed by atoms with Crippen LogP contribution in [0.5, 0.6) is 11.5 Å². The summed E-state index contributed by atoms with van der Waals surface area (Å²) in [5.74, 6) is 0.659. The lowest BCUT2D eigenvalue weighted by atomic mass is 10.2. The molecule has 1 saturated heterocycles. The zero-order chi connectivity index (χ0) is 24.0. The molecule has 1 heterocycles. The van der Waals surface area contributed by atoms with Crippen molar-refractivity contribution in [3.8, 4) is 11.5 Å². The number of likely N-dealkylation sites (N-methyl/N-ethyl adjacent to an activating group) is 1. The smallest absolute Gasteiger partial charge is 0.337 e. The fourth-order valence-corrected chi connectivity index (χ4v) is 4.57. The Kier molecular flexibility index (Phi) is 8.57. The van der Waals surface area contributed by atoms with E-state index < -0.39 is 5.97 Å². The van der Waals surface area contributed by atoms with Crippen molar-refractivity contribution >= 4 is 56.5 Å². The van der Waals surface area contributed by atoms with Gasteiger partial charge >= 0.3 is 5.97 Å². The minimum Gasteiger partial charge on any atom is -0.490 e. The van der Waals surface area contributed by atoms with Crippen molar-refractivity contribution in [2.24, 2.45) is 4.99 Å². The van der Waals surface area contributed by atoms with Gasteiger partial charge in [-0.05, 0) is 83.0 Å². The molecule has 33 heavy (non-hydrogen) atoms. The summed E-state index contributed by atoms with van der Waals surface area (Å²) in [7, 11) is 3.00. The first-order chi connectivity index (χ1) is 15.9. The molecule has 0 spiro atoms. The number of amidine groups is 1. The molecular formula is C24H25BrN2O5S. The van der Waals surface area contributed by atoms with E-state index in [9.17, 15) is 9.59 Å². The van der Waals surface area contributed by atoms with Gasteiger partial charge in [-0.2, -0.15) is 0 Å². The molecule has 0 aliphatic carbocycles. The summed E-state index contributed by atoms with van der Waals surface area (Å²) in [5, 5.41) is 0.514. The van der Waals surface area contributed by atoms with Crippen molar-refractivity contribution in [1.82, 2.24) is 4.90 Å². The van der Waals surface area contributed by atoms with E-state index in [-0.39, 0.29) is 5.91 Å². The second kappa shape index (κ2) is 11.4. The predicted octanol–water partition coefficient (Wildman–Crippen LogP) is 5.66. The first-order valence-corrected chi connectivity index (χ1v) is 12.0. The van der Waals surface area contributed by atoms with Gasteiger partial charge < -0.3 is 14.2 Å². The zero-order valence-electron chi connectivity index (χ0n) is 18.9. The van der Waals surface area contributed by atoms with Crippen LogP contribution in [0, 0.1) is 0 Å². The summed E-state index contributed by atoms with van der Waals surface area (Å²) < 4.78 is 17.1. The Bertz CT molecular complexity index is 1120. The van der Waals surface area contributed by atoms with Crippen molar-refractivity contribution in [3.05, 3.63) is 56.9 Å². The molecule has 174 valence electrons. The fraction of sp³-hybridized carbons (Fsp3) is 0.292. The molecule has 3 rings (SSSR count). The number of hydrogen-bond donors (Lipinski definition) is 0. The Balaban J connectivity index is 1.91. The van der Waals surface area contributed by atoms with Gasteiger partial charge in [0.05, 0.1) is 41.0 Å². The minimum absolute atomic E-state index is 0.164. The number of ether oxygens (including phenoxy) is 3. The molecule has 7 nitrogen and oxygen atoms in total. The number of rotatable bonds is 8. The second-order valence-corrected chi connectivity index (χ2v) is 8.89. The largest absolute Gasteiger partial charge is 0.490 e. The van der Waals surface area contributed by atoms with E-state index in [1.807, 2.05) is 26.0 Å². The number of esters is 1. The number of hydrogen-bond acceptors (Lipinski definition) is 7. The monoisotopic (exact) mass is 532 g/mol. The van der Waals surface area contributed by atoms with Gasteiger partial charge in [-0.3, -0.25) is 9.69 Å². The molecule has 1 aliphatic rings. The van der Waals surface area contributed by atoms with Gasteiger partial charge in [-0.1, -0.05) is 13.0 Å². The van der Waals surface area contributed by atoms with Crippen molar-refractivity contribution in [2.45, 2.75) is 20.3 Å². The highest BCUT2D eigenvalue weighted by Gasteiger charge is 2.30. The standard InChI is InChI=1S/C24H25BrN2O5S/c1-5-10-32-21-18(25)11-15(12-19(21)31-6-2)13-20-22(28)27(3)24(33-20)26-17-9-7-8-16(14-17)23(29)30-4/h7-9,11-14H,5-6,10H2,1-4H3. The van der Waals surface area contributed by atoms with E-state index >= 15 is 0 Å². The lowest BCUT2D eigenvalue weighted by Crippen LogP contribution is -2.23. The van der Waals surface area contributed by atoms with Gasteiger partial charge in [0.25, 0.3) is 5.91 Å². The lowest BCUT2D eigenvalue weighted by Gasteiger charge is -2.14. The first-order valence-electron chi connectivity index (χ1n) is 10.4. The van der Waals surface area contributed by atoms with Gasteiger partial charge in [0.2, 0.25) is 0 Å². The average molecular weight is 533 g/mol. The lowest BCUT2D eigenvalue weighted by molar-refractivity contribution is -0.121. The quantitative estimate of drug-likeness (QED) is 0.322. The molecule has 2 aromatic carbocycles. The number of carbonyl (C=O) groups is 2. The number of halogens is 1. The van der Waals surface area contributed by atoms with Crippen molar-refractivity contribution in [3.63, 3.8) is 0 Å². The number of benzene rings is 2. The van der Waals surface area contributed by atoms with E-state index in [0.29, 0.717) is 46.0 Å². The van der Waals surface area contributed by atoms with E-state index in [0.717, 1.165) is 16.5 Å². The highest BCUT2D eigenvalue weighted by molar-refractivity contribution is 9.10. The van der Waals surface area contributed by atoms with Crippen LogP contribution in [0.3, 0.4) is 0 Å². The fourth-order valence-electron chi connectivity index (χ4n) is 3.01. The maximum Gasteiger partial charge on any atom is 0.337 e. The number of nitrogens with zero attached hydrogens (tertiary/aromatic N) is 2. The van der Waals surface area contributed by atoms with Crippen molar-refractivity contribution < 1.29 is 23.8 Å². The summed E-state index contributed by atoms with van der Waals surface area (Å²) in [4.78, 5) is 31.2. The number of amides is 1. The molecule has 0 atom stereocenters. The summed E-state index contributed by atoms with van der Waals surface area (Å²) in [6.07, 6.45) is 2.68. The van der Waals surface area contributed by atoms with Crippen LogP contribution in [0.15, 0.2) is 50.8 Å². The maximum absolute atomic E-state index is 12.8. The summed E-state index contributed by atoms with van der Waals surface area (Å²) >= 11 is 4.82. The normalized spacial score (nSPS) is 15.9. The molecule has 2 aromatic rings. The molecular weight excluding hydrogens is 508 g/mol. The Morgan fingerprint density at radius 1 is 1.21 bits per heavy atom. The van der Waals surface area contributed by atoms with E-state index in [1.165, 1.54) is 23.8 Å². The Hall–Kier alpha value is -2.78. The third-order valence-corrected chi connectivity index (χ3v) is 6.22. The maximum atomic E-state index is 12.8. The molecule has 0 saturated carbocycles. The Morgan fingerprint density at radius 2 is 2.00 bits per heavy atom. The summed E-state index contributed by atoms with van der Waals surface area (Å²) in [6.45, 7) is 5.02. The Morgan fingerprint density at radius 3 is 2.70 bits per heavy atom. The molecule has 0 radical (unpaired) electrons. The van der Waals surface area contributed by atoms with Gasteiger partial charge in [-0.25, -0.2) is 9.79 Å². The predicted molar refractivity (Wildman–Crippen MR) is 134 cm³/mol. The number of thioether (sulfide) groups is 1. The van der Waals surface area contributed by atoms with Crippen LogP contribution in [0.1, 0.15) is 36.2 Å². The van der Waals surface area contributed by atoms with Crippen LogP contribution in [0.2, 0.25) is 0 Å². The van der Waals surface area contributed by atoms with Gasteiger partial charge in [0.15, 0.2) is 16.7 Å². The van der Waals surface area contributed by atoms with Gasteiger partial charge in [-0.15, -0.1) is 0 Å². The van der Waals surface area contributed by atoms with Crippen molar-refractivity contribution in [1.29, 1.82) is 0 Å². The zero-order valence-corrected chi connectivity index (χ0v) is 21.3.